The molecule has 0 aromatic rings. The van der Waals surface area contributed by atoms with Crippen molar-refractivity contribution in [3.63, 3.8) is 0 Å². The van der Waals surface area contributed by atoms with Gasteiger partial charge in [-0.3, -0.25) is 4.79 Å². The lowest BCUT2D eigenvalue weighted by molar-refractivity contribution is -0.138. The Morgan fingerprint density at radius 2 is 2.50 bits per heavy atom. The Bertz CT molecular complexity index is 257. The lowest BCUT2D eigenvalue weighted by Gasteiger charge is -2.05. The van der Waals surface area contributed by atoms with Gasteiger partial charge in [0.25, 0.3) is 0 Å². The Hall–Kier alpha value is -1.23. The Labute approximate surface area is 70.0 Å². The second kappa shape index (κ2) is 3.44. The Morgan fingerprint density at radius 3 is 2.92 bits per heavy atom. The number of rotatable bonds is 3. The largest absolute Gasteiger partial charge is 0.480 e. The highest BCUT2D eigenvalue weighted by atomic mass is 16.4. The van der Waals surface area contributed by atoms with Gasteiger partial charge in [-0.2, -0.15) is 10.2 Å². The average molecular weight is 169 g/mol. The number of carboxylic acids is 1. The van der Waals surface area contributed by atoms with Crippen molar-refractivity contribution in [2.75, 3.05) is 6.54 Å². The SMILES string of the molecule is CC1=C(CC(N)C(=O)O)CN=N1. The van der Waals surface area contributed by atoms with Crippen molar-refractivity contribution in [2.24, 2.45) is 16.0 Å². The summed E-state index contributed by atoms with van der Waals surface area (Å²) in [7, 11) is 0. The number of azo groups is 1. The first-order valence-corrected chi connectivity index (χ1v) is 3.65. The van der Waals surface area contributed by atoms with Crippen LogP contribution < -0.4 is 5.73 Å². The van der Waals surface area contributed by atoms with Crippen LogP contribution in [0.4, 0.5) is 0 Å². The number of nitrogens with zero attached hydrogens (tertiary/aromatic N) is 2. The van der Waals surface area contributed by atoms with Gasteiger partial charge in [-0.05, 0) is 18.9 Å². The molecule has 0 fully saturated rings. The molecule has 1 heterocycles. The quantitative estimate of drug-likeness (QED) is 0.645. The molecular formula is C7H11N3O2. The number of hydrogen-bond donors (Lipinski definition) is 2. The summed E-state index contributed by atoms with van der Waals surface area (Å²) >= 11 is 0. The molecule has 0 spiro atoms. The van der Waals surface area contributed by atoms with E-state index in [-0.39, 0.29) is 0 Å². The van der Waals surface area contributed by atoms with E-state index in [1.807, 2.05) is 0 Å². The minimum absolute atomic E-state index is 0.341. The van der Waals surface area contributed by atoms with Gasteiger partial charge in [0.05, 0.1) is 12.2 Å². The predicted molar refractivity (Wildman–Crippen MR) is 42.7 cm³/mol. The smallest absolute Gasteiger partial charge is 0.320 e. The monoisotopic (exact) mass is 169 g/mol. The molecular weight excluding hydrogens is 158 g/mol. The molecule has 0 radical (unpaired) electrons. The normalized spacial score (nSPS) is 18.5. The van der Waals surface area contributed by atoms with Crippen molar-refractivity contribution in [2.45, 2.75) is 19.4 Å². The lowest BCUT2D eigenvalue weighted by atomic mass is 10.1. The maximum Gasteiger partial charge on any atom is 0.320 e. The number of hydrogen-bond acceptors (Lipinski definition) is 4. The predicted octanol–water partition coefficient (Wildman–Crippen LogP) is 0.528. The molecule has 66 valence electrons. The summed E-state index contributed by atoms with van der Waals surface area (Å²) < 4.78 is 0. The fraction of sp³-hybridized carbons (Fsp3) is 0.571. The van der Waals surface area contributed by atoms with Crippen LogP contribution in [0.3, 0.4) is 0 Å². The van der Waals surface area contributed by atoms with E-state index >= 15 is 0 Å². The molecule has 0 saturated carbocycles. The van der Waals surface area contributed by atoms with E-state index in [2.05, 4.69) is 10.2 Å². The average Bonchev–Trinajstić information content (AvgIpc) is 2.36. The summed E-state index contributed by atoms with van der Waals surface area (Å²) in [6, 6.07) is -0.835. The molecule has 0 bridgehead atoms. The molecule has 1 atom stereocenters. The van der Waals surface area contributed by atoms with E-state index in [0.717, 1.165) is 11.3 Å². The van der Waals surface area contributed by atoms with Crippen molar-refractivity contribution in [3.05, 3.63) is 11.3 Å². The van der Waals surface area contributed by atoms with Gasteiger partial charge >= 0.3 is 5.97 Å². The van der Waals surface area contributed by atoms with E-state index in [1.165, 1.54) is 0 Å². The van der Waals surface area contributed by atoms with Crippen molar-refractivity contribution in [3.8, 4) is 0 Å². The zero-order valence-electron chi connectivity index (χ0n) is 6.82. The van der Waals surface area contributed by atoms with Gasteiger partial charge in [0.15, 0.2) is 0 Å². The molecule has 1 aliphatic heterocycles. The van der Waals surface area contributed by atoms with Crippen molar-refractivity contribution in [1.29, 1.82) is 0 Å². The number of carbonyl (C=O) groups is 1. The van der Waals surface area contributed by atoms with Crippen molar-refractivity contribution in [1.82, 2.24) is 0 Å². The summed E-state index contributed by atoms with van der Waals surface area (Å²) in [5.74, 6) is -0.984. The summed E-state index contributed by atoms with van der Waals surface area (Å²) in [6.07, 6.45) is 0.341. The lowest BCUT2D eigenvalue weighted by Crippen LogP contribution is -2.30. The maximum absolute atomic E-state index is 10.4. The summed E-state index contributed by atoms with van der Waals surface area (Å²) in [5.41, 5.74) is 7.06. The molecule has 0 amide bonds. The van der Waals surface area contributed by atoms with Crippen molar-refractivity contribution >= 4 is 5.97 Å². The van der Waals surface area contributed by atoms with Crippen LogP contribution in [-0.2, 0) is 4.79 Å². The molecule has 0 aromatic carbocycles. The Balaban J connectivity index is 2.53. The van der Waals surface area contributed by atoms with Crippen LogP contribution in [0.25, 0.3) is 0 Å². The third kappa shape index (κ3) is 1.88. The molecule has 3 N–H and O–H groups in total. The highest BCUT2D eigenvalue weighted by Crippen LogP contribution is 2.18. The first kappa shape index (κ1) is 8.86. The summed E-state index contributed by atoms with van der Waals surface area (Å²) in [6.45, 7) is 2.30. The Morgan fingerprint density at radius 1 is 1.83 bits per heavy atom. The van der Waals surface area contributed by atoms with E-state index in [9.17, 15) is 4.79 Å². The van der Waals surface area contributed by atoms with Crippen LogP contribution in [0.5, 0.6) is 0 Å². The fourth-order valence-corrected chi connectivity index (χ4v) is 0.977. The third-order valence-corrected chi connectivity index (χ3v) is 1.78. The van der Waals surface area contributed by atoms with E-state index < -0.39 is 12.0 Å². The zero-order chi connectivity index (χ0) is 9.14. The van der Waals surface area contributed by atoms with Gasteiger partial charge in [0, 0.05) is 0 Å². The molecule has 0 aromatic heterocycles. The van der Waals surface area contributed by atoms with Crippen LogP contribution in [-0.4, -0.2) is 23.7 Å². The first-order valence-electron chi connectivity index (χ1n) is 3.65. The molecule has 1 aliphatic rings. The van der Waals surface area contributed by atoms with Gasteiger partial charge in [-0.15, -0.1) is 0 Å². The highest BCUT2D eigenvalue weighted by molar-refractivity contribution is 5.73. The molecule has 5 nitrogen and oxygen atoms in total. The number of allylic oxidation sites excluding steroid dienone is 1. The minimum Gasteiger partial charge on any atom is -0.480 e. The summed E-state index contributed by atoms with van der Waals surface area (Å²) in [5, 5.41) is 16.1. The van der Waals surface area contributed by atoms with Gasteiger partial charge < -0.3 is 10.8 Å². The molecule has 0 aliphatic carbocycles. The van der Waals surface area contributed by atoms with Crippen molar-refractivity contribution < 1.29 is 9.90 Å². The second-order valence-corrected chi connectivity index (χ2v) is 2.74. The van der Waals surface area contributed by atoms with Crippen LogP contribution in [0.15, 0.2) is 21.5 Å². The van der Waals surface area contributed by atoms with Gasteiger partial charge in [-0.25, -0.2) is 0 Å². The van der Waals surface area contributed by atoms with Crippen LogP contribution in [0.1, 0.15) is 13.3 Å². The molecule has 5 heteroatoms. The second-order valence-electron chi connectivity index (χ2n) is 2.74. The van der Waals surface area contributed by atoms with Crippen LogP contribution in [0, 0.1) is 0 Å². The van der Waals surface area contributed by atoms with Crippen LogP contribution in [0.2, 0.25) is 0 Å². The highest BCUT2D eigenvalue weighted by Gasteiger charge is 2.17. The standard InChI is InChI=1S/C7H11N3O2/c1-4-5(3-9-10-4)2-6(8)7(11)12/h6H,2-3,8H2,1H3,(H,11,12). The number of carboxylic acid groups (broad SMARTS) is 1. The van der Waals surface area contributed by atoms with Crippen LogP contribution >= 0.6 is 0 Å². The van der Waals surface area contributed by atoms with Gasteiger partial charge in [-0.1, -0.05) is 0 Å². The third-order valence-electron chi connectivity index (χ3n) is 1.78. The molecule has 1 unspecified atom stereocenters. The maximum atomic E-state index is 10.4. The molecule has 1 rings (SSSR count). The fourth-order valence-electron chi connectivity index (χ4n) is 0.977. The van der Waals surface area contributed by atoms with Gasteiger partial charge in [0.1, 0.15) is 6.04 Å². The molecule has 0 saturated heterocycles. The first-order chi connectivity index (χ1) is 5.61. The zero-order valence-corrected chi connectivity index (χ0v) is 6.82. The summed E-state index contributed by atoms with van der Waals surface area (Å²) in [4.78, 5) is 10.4. The number of nitrogens with two attached hydrogens (primary N) is 1. The van der Waals surface area contributed by atoms with Gasteiger partial charge in [0.2, 0.25) is 0 Å². The molecule has 12 heavy (non-hydrogen) atoms. The topological polar surface area (TPSA) is 88.0 Å². The van der Waals surface area contributed by atoms with E-state index in [0.29, 0.717) is 13.0 Å². The minimum atomic E-state index is -0.984. The van der Waals surface area contributed by atoms with E-state index in [4.69, 9.17) is 10.8 Å². The van der Waals surface area contributed by atoms with E-state index in [1.54, 1.807) is 6.92 Å². The Kier molecular flexibility index (Phi) is 2.54. The number of aliphatic carboxylic acids is 1.